The van der Waals surface area contributed by atoms with E-state index in [1.54, 1.807) is 0 Å². The molecule has 1 nitrogen and oxygen atoms in total. The summed E-state index contributed by atoms with van der Waals surface area (Å²) >= 11 is 1.87. The highest BCUT2D eigenvalue weighted by Crippen LogP contribution is 2.61. The van der Waals surface area contributed by atoms with Crippen molar-refractivity contribution in [2.24, 2.45) is 0 Å². The molecule has 1 aromatic heterocycles. The fourth-order valence-corrected chi connectivity index (χ4v) is 11.0. The molecule has 272 valence electrons. The van der Waals surface area contributed by atoms with Crippen molar-refractivity contribution < 1.29 is 0 Å². The number of rotatable bonds is 6. The van der Waals surface area contributed by atoms with E-state index in [1.165, 1.54) is 92.6 Å². The number of hydrogen-bond donors (Lipinski definition) is 0. The van der Waals surface area contributed by atoms with Crippen LogP contribution in [-0.4, -0.2) is 0 Å². The van der Waals surface area contributed by atoms with Crippen LogP contribution in [0.15, 0.2) is 212 Å². The van der Waals surface area contributed by atoms with Crippen LogP contribution < -0.4 is 4.90 Å². The van der Waals surface area contributed by atoms with E-state index in [4.69, 9.17) is 0 Å². The van der Waals surface area contributed by atoms with Gasteiger partial charge in [-0.15, -0.1) is 11.3 Å². The number of hydrogen-bond acceptors (Lipinski definition) is 2. The monoisotopic (exact) mass is 755 g/mol. The normalized spacial score (nSPS) is 14.9. The largest absolute Gasteiger partial charge is 0.310 e. The highest BCUT2D eigenvalue weighted by molar-refractivity contribution is 7.25. The van der Waals surface area contributed by atoms with Crippen molar-refractivity contribution >= 4 is 48.6 Å². The summed E-state index contributed by atoms with van der Waals surface area (Å²) in [6, 6.07) is 78.8. The minimum atomic E-state index is 0.101. The van der Waals surface area contributed by atoms with Gasteiger partial charge in [0, 0.05) is 43.4 Å². The zero-order valence-electron chi connectivity index (χ0n) is 31.7. The van der Waals surface area contributed by atoms with Gasteiger partial charge < -0.3 is 4.90 Å². The van der Waals surface area contributed by atoms with Crippen LogP contribution in [0, 0.1) is 0 Å². The van der Waals surface area contributed by atoms with Crippen molar-refractivity contribution in [1.82, 2.24) is 0 Å². The molecule has 13 rings (SSSR count). The molecule has 58 heavy (non-hydrogen) atoms. The molecule has 3 aliphatic rings. The second kappa shape index (κ2) is 13.3. The van der Waals surface area contributed by atoms with Gasteiger partial charge in [0.15, 0.2) is 0 Å². The summed E-state index contributed by atoms with van der Waals surface area (Å²) in [7, 11) is 0. The van der Waals surface area contributed by atoms with Crippen LogP contribution in [-0.2, 0) is 0 Å². The number of fused-ring (bicyclic) bond motifs is 3. The maximum Gasteiger partial charge on any atom is 0.0506 e. The van der Waals surface area contributed by atoms with Crippen LogP contribution in [0.5, 0.6) is 0 Å². The van der Waals surface area contributed by atoms with Crippen molar-refractivity contribution in [3.05, 3.63) is 246 Å². The Labute approximate surface area is 342 Å². The summed E-state index contributed by atoms with van der Waals surface area (Å²) < 4.78 is 2.66. The van der Waals surface area contributed by atoms with Gasteiger partial charge in [0.1, 0.15) is 0 Å². The molecule has 0 amide bonds. The molecule has 10 aromatic rings. The van der Waals surface area contributed by atoms with Gasteiger partial charge in [-0.25, -0.2) is 0 Å². The molecule has 0 unspecified atom stereocenters. The zero-order chi connectivity index (χ0) is 38.2. The van der Waals surface area contributed by atoms with E-state index >= 15 is 0 Å². The molecule has 3 aliphatic carbocycles. The third kappa shape index (κ3) is 5.15. The van der Waals surface area contributed by atoms with Crippen LogP contribution in [0.2, 0.25) is 0 Å². The summed E-state index contributed by atoms with van der Waals surface area (Å²) in [5.41, 5.74) is 19.4. The van der Waals surface area contributed by atoms with Crippen LogP contribution in [0.4, 0.5) is 17.1 Å². The lowest BCUT2D eigenvalue weighted by atomic mass is 9.59. The molecule has 0 radical (unpaired) electrons. The van der Waals surface area contributed by atoms with Crippen molar-refractivity contribution in [3.8, 4) is 33.4 Å². The van der Waals surface area contributed by atoms with E-state index in [-0.39, 0.29) is 11.8 Å². The van der Waals surface area contributed by atoms with Crippen LogP contribution in [0.3, 0.4) is 0 Å². The molecule has 2 bridgehead atoms. The molecule has 2 heteroatoms. The molecular weight excluding hydrogens is 719 g/mol. The van der Waals surface area contributed by atoms with Gasteiger partial charge in [0.2, 0.25) is 0 Å². The second-order valence-corrected chi connectivity index (χ2v) is 16.6. The molecule has 0 atom stereocenters. The zero-order valence-corrected chi connectivity index (χ0v) is 32.5. The number of nitrogens with zero attached hydrogens (tertiary/aromatic N) is 1. The molecule has 0 aliphatic heterocycles. The smallest absolute Gasteiger partial charge is 0.0506 e. The number of benzene rings is 9. The van der Waals surface area contributed by atoms with Gasteiger partial charge in [0.05, 0.1) is 5.69 Å². The minimum Gasteiger partial charge on any atom is -0.310 e. The molecule has 1 heterocycles. The minimum absolute atomic E-state index is 0.101. The fraction of sp³-hybridized carbons (Fsp3) is 0.0357. The standard InChI is InChI=1S/C56H37NS/c1-3-13-36(14-4-1)37-23-28-41(29-24-37)57(42-30-25-38(26-31-42)40-27-34-52-49(35-40)44-17-11-12-22-51(44)58-52)50-33-32-43(39-15-5-2-6-16-39)55-53-45-18-7-9-20-47(45)54(56(50)55)48-21-10-8-19-46(48)53/h1-35,53-54H. The lowest BCUT2D eigenvalue weighted by Crippen LogP contribution is -2.30. The maximum atomic E-state index is 2.51. The Morgan fingerprint density at radius 3 is 1.41 bits per heavy atom. The first-order valence-corrected chi connectivity index (χ1v) is 21.0. The molecule has 0 saturated carbocycles. The quantitative estimate of drug-likeness (QED) is 0.163. The van der Waals surface area contributed by atoms with Crippen molar-refractivity contribution in [3.63, 3.8) is 0 Å². The van der Waals surface area contributed by atoms with Gasteiger partial charge in [0.25, 0.3) is 0 Å². The predicted molar refractivity (Wildman–Crippen MR) is 245 cm³/mol. The Balaban J connectivity index is 1.07. The van der Waals surface area contributed by atoms with Crippen LogP contribution in [0.1, 0.15) is 45.2 Å². The van der Waals surface area contributed by atoms with Gasteiger partial charge in [-0.1, -0.05) is 164 Å². The molecular formula is C56H37NS. The first-order valence-electron chi connectivity index (χ1n) is 20.2. The van der Waals surface area contributed by atoms with Gasteiger partial charge in [-0.2, -0.15) is 0 Å². The first-order chi connectivity index (χ1) is 28.8. The average molecular weight is 756 g/mol. The van der Waals surface area contributed by atoms with E-state index in [9.17, 15) is 0 Å². The van der Waals surface area contributed by atoms with Crippen molar-refractivity contribution in [2.75, 3.05) is 4.90 Å². The summed E-state index contributed by atoms with van der Waals surface area (Å²) in [6.45, 7) is 0. The van der Waals surface area contributed by atoms with Crippen molar-refractivity contribution in [2.45, 2.75) is 11.8 Å². The summed E-state index contributed by atoms with van der Waals surface area (Å²) in [5.74, 6) is 0.235. The summed E-state index contributed by atoms with van der Waals surface area (Å²) in [6.07, 6.45) is 0. The fourth-order valence-electron chi connectivity index (χ4n) is 9.90. The Morgan fingerprint density at radius 2 is 0.793 bits per heavy atom. The molecule has 0 N–H and O–H groups in total. The summed E-state index contributed by atoms with van der Waals surface area (Å²) in [5, 5.41) is 2.65. The lowest BCUT2D eigenvalue weighted by Gasteiger charge is -2.45. The van der Waals surface area contributed by atoms with Crippen LogP contribution >= 0.6 is 11.3 Å². The van der Waals surface area contributed by atoms with E-state index in [2.05, 4.69) is 217 Å². The van der Waals surface area contributed by atoms with E-state index in [1.807, 2.05) is 11.3 Å². The van der Waals surface area contributed by atoms with Crippen LogP contribution in [0.25, 0.3) is 53.6 Å². The third-order valence-electron chi connectivity index (χ3n) is 12.5. The SMILES string of the molecule is c1ccc(-c2ccc(N(c3ccc(-c4ccc5sc6ccccc6c5c4)cc3)c3ccc(-c4ccccc4)c4c3C3c5ccccc5C4c4ccccc43)cc2)cc1. The molecule has 0 saturated heterocycles. The summed E-state index contributed by atoms with van der Waals surface area (Å²) in [4.78, 5) is 2.51. The Bertz CT molecular complexity index is 3110. The maximum absolute atomic E-state index is 2.51. The first kappa shape index (κ1) is 33.2. The van der Waals surface area contributed by atoms with Gasteiger partial charge in [-0.05, 0) is 115 Å². The Kier molecular flexibility index (Phi) is 7.61. The van der Waals surface area contributed by atoms with E-state index in [0.717, 1.165) is 11.4 Å². The topological polar surface area (TPSA) is 3.24 Å². The molecule has 9 aromatic carbocycles. The Hall–Kier alpha value is -7.00. The number of thiophene rings is 1. The Morgan fingerprint density at radius 1 is 0.328 bits per heavy atom. The third-order valence-corrected chi connectivity index (χ3v) is 13.6. The van der Waals surface area contributed by atoms with E-state index in [0.29, 0.717) is 0 Å². The van der Waals surface area contributed by atoms with E-state index < -0.39 is 0 Å². The lowest BCUT2D eigenvalue weighted by molar-refractivity contribution is 0.755. The highest BCUT2D eigenvalue weighted by Gasteiger charge is 2.44. The average Bonchev–Trinajstić information content (AvgIpc) is 3.68. The second-order valence-electron chi connectivity index (χ2n) is 15.6. The molecule has 0 fully saturated rings. The number of anilines is 3. The predicted octanol–water partition coefficient (Wildman–Crippen LogP) is 15.5. The van der Waals surface area contributed by atoms with Gasteiger partial charge in [-0.3, -0.25) is 0 Å². The highest BCUT2D eigenvalue weighted by atomic mass is 32.1. The van der Waals surface area contributed by atoms with Gasteiger partial charge >= 0.3 is 0 Å². The van der Waals surface area contributed by atoms with Crippen molar-refractivity contribution in [1.29, 1.82) is 0 Å². The molecule has 0 spiro atoms.